The molecule has 1 aliphatic rings. The Morgan fingerprint density at radius 2 is 1.97 bits per heavy atom. The number of rotatable bonds is 2. The fourth-order valence-corrected chi connectivity index (χ4v) is 4.66. The van der Waals surface area contributed by atoms with E-state index < -0.39 is 0 Å². The average molecular weight is 446 g/mol. The highest BCUT2D eigenvalue weighted by Gasteiger charge is 2.29. The summed E-state index contributed by atoms with van der Waals surface area (Å²) in [6.07, 6.45) is 3.20. The van der Waals surface area contributed by atoms with E-state index in [-0.39, 0.29) is 17.6 Å². The molecule has 1 aliphatic heterocycles. The summed E-state index contributed by atoms with van der Waals surface area (Å²) in [5, 5.41) is 0.851. The lowest BCUT2D eigenvalue weighted by atomic mass is 9.96. The highest BCUT2D eigenvalue weighted by molar-refractivity contribution is 6.36. The smallest absolute Gasteiger partial charge is 0.272 e. The summed E-state index contributed by atoms with van der Waals surface area (Å²) < 4.78 is 15.1. The molecule has 1 fully saturated rings. The molecule has 0 unspecified atom stereocenters. The molecule has 0 atom stereocenters. The van der Waals surface area contributed by atoms with Crippen LogP contribution in [0.4, 0.5) is 4.39 Å². The van der Waals surface area contributed by atoms with E-state index in [0.29, 0.717) is 45.7 Å². The summed E-state index contributed by atoms with van der Waals surface area (Å²) in [6, 6.07) is 6.15. The summed E-state index contributed by atoms with van der Waals surface area (Å²) in [5.74, 6) is 0.647. The van der Waals surface area contributed by atoms with Gasteiger partial charge in [0.25, 0.3) is 5.91 Å². The Morgan fingerprint density at radius 1 is 1.20 bits per heavy atom. The normalized spacial score (nSPS) is 15.4. The number of imidazole rings is 2. The van der Waals surface area contributed by atoms with Crippen molar-refractivity contribution in [3.63, 3.8) is 0 Å². The third kappa shape index (κ3) is 3.22. The Kier molecular flexibility index (Phi) is 4.67. The zero-order valence-electron chi connectivity index (χ0n) is 16.1. The molecule has 0 radical (unpaired) electrons. The standard InChI is InChI=1S/C21H18Cl2FN5O/c1-11-18(29-10-13(22)8-15(23)20(29)25-11)21(30)28-6-4-12(5-7-28)19-26-16-3-2-14(24)9-17(16)27-19/h2-3,8-10,12H,4-7H2,1H3,(H,26,27). The Balaban J connectivity index is 1.37. The molecule has 1 saturated heterocycles. The van der Waals surface area contributed by atoms with Crippen LogP contribution in [0.15, 0.2) is 30.5 Å². The molecule has 0 saturated carbocycles. The number of hydrogen-bond donors (Lipinski definition) is 1. The van der Waals surface area contributed by atoms with Gasteiger partial charge < -0.3 is 9.88 Å². The van der Waals surface area contributed by atoms with Gasteiger partial charge in [0.2, 0.25) is 0 Å². The first-order valence-electron chi connectivity index (χ1n) is 9.69. The van der Waals surface area contributed by atoms with Gasteiger partial charge in [-0.2, -0.15) is 0 Å². The van der Waals surface area contributed by atoms with Gasteiger partial charge in [0.15, 0.2) is 5.65 Å². The average Bonchev–Trinajstić information content (AvgIpc) is 3.28. The van der Waals surface area contributed by atoms with Crippen molar-refractivity contribution in [1.29, 1.82) is 0 Å². The third-order valence-electron chi connectivity index (χ3n) is 5.65. The monoisotopic (exact) mass is 445 g/mol. The summed E-state index contributed by atoms with van der Waals surface area (Å²) >= 11 is 12.4. The van der Waals surface area contributed by atoms with E-state index in [1.54, 1.807) is 29.7 Å². The maximum absolute atomic E-state index is 13.4. The minimum absolute atomic E-state index is 0.0940. The number of fused-ring (bicyclic) bond motifs is 2. The summed E-state index contributed by atoms with van der Waals surface area (Å²) in [6.45, 7) is 2.98. The number of carbonyl (C=O) groups is 1. The number of nitrogens with zero attached hydrogens (tertiary/aromatic N) is 4. The number of benzene rings is 1. The van der Waals surface area contributed by atoms with Crippen LogP contribution in [-0.4, -0.2) is 43.2 Å². The topological polar surface area (TPSA) is 66.3 Å². The van der Waals surface area contributed by atoms with Gasteiger partial charge in [-0.15, -0.1) is 0 Å². The van der Waals surface area contributed by atoms with Crippen molar-refractivity contribution in [2.75, 3.05) is 13.1 Å². The first-order valence-corrected chi connectivity index (χ1v) is 10.4. The van der Waals surface area contributed by atoms with Gasteiger partial charge in [-0.1, -0.05) is 23.2 Å². The molecule has 1 aromatic carbocycles. The first-order chi connectivity index (χ1) is 14.4. The van der Waals surface area contributed by atoms with Crippen LogP contribution in [0.5, 0.6) is 0 Å². The van der Waals surface area contributed by atoms with Crippen LogP contribution in [0.25, 0.3) is 16.7 Å². The van der Waals surface area contributed by atoms with Crippen molar-refractivity contribution in [3.8, 4) is 0 Å². The lowest BCUT2D eigenvalue weighted by Gasteiger charge is -2.31. The van der Waals surface area contributed by atoms with E-state index in [4.69, 9.17) is 23.2 Å². The van der Waals surface area contributed by atoms with Gasteiger partial charge >= 0.3 is 0 Å². The number of likely N-dealkylation sites (tertiary alicyclic amines) is 1. The Bertz CT molecular complexity index is 1290. The first kappa shape index (κ1) is 19.3. The number of aromatic nitrogens is 4. The summed E-state index contributed by atoms with van der Waals surface area (Å²) in [5.41, 5.74) is 3.06. The van der Waals surface area contributed by atoms with Crippen molar-refractivity contribution in [1.82, 2.24) is 24.3 Å². The Hall–Kier alpha value is -2.64. The fourth-order valence-electron chi connectivity index (χ4n) is 4.14. The second-order valence-electron chi connectivity index (χ2n) is 7.60. The number of aromatic amines is 1. The van der Waals surface area contributed by atoms with Gasteiger partial charge in [0.1, 0.15) is 17.3 Å². The van der Waals surface area contributed by atoms with Gasteiger partial charge in [-0.3, -0.25) is 9.20 Å². The van der Waals surface area contributed by atoms with Crippen molar-refractivity contribution in [2.24, 2.45) is 0 Å². The highest BCUT2D eigenvalue weighted by Crippen LogP contribution is 2.30. The molecular formula is C21H18Cl2FN5O. The molecule has 154 valence electrons. The zero-order chi connectivity index (χ0) is 21.0. The molecule has 4 heterocycles. The van der Waals surface area contributed by atoms with E-state index in [1.807, 2.05) is 4.90 Å². The summed E-state index contributed by atoms with van der Waals surface area (Å²) in [4.78, 5) is 27.3. The SMILES string of the molecule is Cc1nc2c(Cl)cc(Cl)cn2c1C(=O)N1CCC(c2nc3ccc(F)cc3[nH]2)CC1. The van der Waals surface area contributed by atoms with E-state index >= 15 is 0 Å². The number of hydrogen-bond acceptors (Lipinski definition) is 3. The van der Waals surface area contributed by atoms with Crippen LogP contribution in [0.2, 0.25) is 10.0 Å². The Morgan fingerprint density at radius 3 is 2.73 bits per heavy atom. The van der Waals surface area contributed by atoms with E-state index in [0.717, 1.165) is 24.2 Å². The van der Waals surface area contributed by atoms with Gasteiger partial charge in [0.05, 0.1) is 26.8 Å². The van der Waals surface area contributed by atoms with E-state index in [2.05, 4.69) is 15.0 Å². The molecule has 3 aromatic heterocycles. The quantitative estimate of drug-likeness (QED) is 0.472. The molecule has 1 N–H and O–H groups in total. The minimum Gasteiger partial charge on any atom is -0.342 e. The molecular weight excluding hydrogens is 428 g/mol. The molecule has 9 heteroatoms. The molecule has 5 rings (SSSR count). The number of pyridine rings is 1. The number of nitrogens with one attached hydrogen (secondary N) is 1. The molecule has 0 aliphatic carbocycles. The van der Waals surface area contributed by atoms with Crippen molar-refractivity contribution in [2.45, 2.75) is 25.7 Å². The van der Waals surface area contributed by atoms with Crippen molar-refractivity contribution in [3.05, 3.63) is 63.5 Å². The van der Waals surface area contributed by atoms with E-state index in [9.17, 15) is 9.18 Å². The van der Waals surface area contributed by atoms with Crippen LogP contribution in [0, 0.1) is 12.7 Å². The van der Waals surface area contributed by atoms with Crippen molar-refractivity contribution < 1.29 is 9.18 Å². The van der Waals surface area contributed by atoms with Crippen LogP contribution in [-0.2, 0) is 0 Å². The van der Waals surface area contributed by atoms with Crippen LogP contribution >= 0.6 is 23.2 Å². The summed E-state index contributed by atoms with van der Waals surface area (Å²) in [7, 11) is 0. The third-order valence-corrected chi connectivity index (χ3v) is 6.13. The lowest BCUT2D eigenvalue weighted by molar-refractivity contribution is 0.0703. The molecule has 6 nitrogen and oxygen atoms in total. The number of H-pyrrole nitrogens is 1. The largest absolute Gasteiger partial charge is 0.342 e. The van der Waals surface area contributed by atoms with Crippen LogP contribution in [0.1, 0.15) is 40.8 Å². The van der Waals surface area contributed by atoms with E-state index in [1.165, 1.54) is 12.1 Å². The lowest BCUT2D eigenvalue weighted by Crippen LogP contribution is -2.39. The molecule has 30 heavy (non-hydrogen) atoms. The Labute approximate surface area is 181 Å². The molecule has 1 amide bonds. The van der Waals surface area contributed by atoms with Gasteiger partial charge in [0, 0.05) is 25.2 Å². The number of aryl methyl sites for hydroxylation is 1. The number of carbonyl (C=O) groups excluding carboxylic acids is 1. The predicted octanol–water partition coefficient (Wildman–Crippen LogP) is 4.98. The maximum atomic E-state index is 13.4. The molecule has 0 spiro atoms. The fraction of sp³-hybridized carbons (Fsp3) is 0.286. The second kappa shape index (κ2) is 7.25. The van der Waals surface area contributed by atoms with Crippen LogP contribution < -0.4 is 0 Å². The minimum atomic E-state index is -0.290. The number of piperidine rings is 1. The number of halogens is 3. The molecule has 0 bridgehead atoms. The number of amides is 1. The maximum Gasteiger partial charge on any atom is 0.272 e. The zero-order valence-corrected chi connectivity index (χ0v) is 17.6. The van der Waals surface area contributed by atoms with Gasteiger partial charge in [-0.05, 0) is 44.0 Å². The second-order valence-corrected chi connectivity index (χ2v) is 8.44. The highest BCUT2D eigenvalue weighted by atomic mass is 35.5. The van der Waals surface area contributed by atoms with Gasteiger partial charge in [-0.25, -0.2) is 14.4 Å². The molecule has 4 aromatic rings. The van der Waals surface area contributed by atoms with Crippen LogP contribution in [0.3, 0.4) is 0 Å². The predicted molar refractivity (Wildman–Crippen MR) is 114 cm³/mol. The van der Waals surface area contributed by atoms with Crippen molar-refractivity contribution >= 4 is 45.8 Å².